The van der Waals surface area contributed by atoms with Crippen LogP contribution in [0.15, 0.2) is 30.5 Å². The van der Waals surface area contributed by atoms with Crippen molar-refractivity contribution in [2.24, 2.45) is 0 Å². The molecule has 6 nitrogen and oxygen atoms in total. The normalized spacial score (nSPS) is 15.0. The largest absolute Gasteiger partial charge is 0.506 e. The van der Waals surface area contributed by atoms with Crippen molar-refractivity contribution in [3.8, 4) is 11.8 Å². The van der Waals surface area contributed by atoms with E-state index in [0.717, 1.165) is 31.9 Å². The van der Waals surface area contributed by atoms with Crippen molar-refractivity contribution in [1.29, 1.82) is 0 Å². The van der Waals surface area contributed by atoms with Gasteiger partial charge in [0.15, 0.2) is 5.82 Å². The van der Waals surface area contributed by atoms with Crippen LogP contribution < -0.4 is 14.5 Å². The van der Waals surface area contributed by atoms with Gasteiger partial charge in [0, 0.05) is 26.2 Å². The summed E-state index contributed by atoms with van der Waals surface area (Å²) in [6, 6.07) is 7.68. The molecule has 0 amide bonds. The molecule has 0 bridgehead atoms. The summed E-state index contributed by atoms with van der Waals surface area (Å²) in [7, 11) is 1.53. The number of hydrogen-bond acceptors (Lipinski definition) is 6. The van der Waals surface area contributed by atoms with Crippen LogP contribution in [0.2, 0.25) is 5.02 Å². The Morgan fingerprint density at radius 2 is 1.82 bits per heavy atom. The van der Waals surface area contributed by atoms with Gasteiger partial charge in [0.1, 0.15) is 10.8 Å². The van der Waals surface area contributed by atoms with Crippen molar-refractivity contribution < 1.29 is 9.84 Å². The predicted octanol–water partition coefficient (Wildman–Crippen LogP) is 2.17. The lowest BCUT2D eigenvalue weighted by atomic mass is 10.2. The van der Waals surface area contributed by atoms with Gasteiger partial charge in [0.2, 0.25) is 0 Å². The maximum atomic E-state index is 9.94. The Morgan fingerprint density at radius 3 is 2.50 bits per heavy atom. The van der Waals surface area contributed by atoms with Crippen molar-refractivity contribution in [1.82, 2.24) is 9.97 Å². The monoisotopic (exact) mass is 320 g/mol. The second-order valence-corrected chi connectivity index (χ2v) is 5.40. The zero-order chi connectivity index (χ0) is 15.5. The average molecular weight is 321 g/mol. The number of methoxy groups -OCH3 is 1. The van der Waals surface area contributed by atoms with Crippen LogP contribution in [0.3, 0.4) is 0 Å². The van der Waals surface area contributed by atoms with Crippen LogP contribution in [-0.4, -0.2) is 48.4 Å². The first kappa shape index (κ1) is 14.7. The Morgan fingerprint density at radius 1 is 1.14 bits per heavy atom. The highest BCUT2D eigenvalue weighted by molar-refractivity contribution is 6.32. The van der Waals surface area contributed by atoms with Gasteiger partial charge in [-0.3, -0.25) is 0 Å². The summed E-state index contributed by atoms with van der Waals surface area (Å²) in [6.45, 7) is 3.07. The molecular formula is C15H17ClN4O2. The molecule has 0 spiro atoms. The first-order valence-corrected chi connectivity index (χ1v) is 7.41. The SMILES string of the molecule is COc1ncc(Cl)c(N2CCN(c3ccccc3O)CC2)n1. The molecule has 1 aromatic heterocycles. The highest BCUT2D eigenvalue weighted by Crippen LogP contribution is 2.30. The number of phenolic OH excluding ortho intramolecular Hbond substituents is 1. The predicted molar refractivity (Wildman–Crippen MR) is 86.1 cm³/mol. The minimum absolute atomic E-state index is 0.303. The highest BCUT2D eigenvalue weighted by atomic mass is 35.5. The summed E-state index contributed by atoms with van der Waals surface area (Å²) in [4.78, 5) is 12.6. The number of nitrogens with zero attached hydrogens (tertiary/aromatic N) is 4. The maximum absolute atomic E-state index is 9.94. The minimum atomic E-state index is 0.303. The molecule has 1 aromatic carbocycles. The van der Waals surface area contributed by atoms with Crippen LogP contribution in [0.25, 0.3) is 0 Å². The third-order valence-corrected chi connectivity index (χ3v) is 3.95. The molecule has 1 N–H and O–H groups in total. The first-order chi connectivity index (χ1) is 10.7. The molecule has 116 valence electrons. The van der Waals surface area contributed by atoms with E-state index in [2.05, 4.69) is 19.8 Å². The zero-order valence-corrected chi connectivity index (χ0v) is 13.0. The Kier molecular flexibility index (Phi) is 4.20. The molecule has 0 saturated carbocycles. The molecule has 0 radical (unpaired) electrons. The number of hydrogen-bond donors (Lipinski definition) is 1. The third-order valence-electron chi connectivity index (χ3n) is 3.69. The zero-order valence-electron chi connectivity index (χ0n) is 12.2. The van der Waals surface area contributed by atoms with Crippen molar-refractivity contribution in [3.05, 3.63) is 35.5 Å². The molecule has 0 unspecified atom stereocenters. The van der Waals surface area contributed by atoms with Crippen molar-refractivity contribution >= 4 is 23.1 Å². The Labute approximate surface area is 133 Å². The smallest absolute Gasteiger partial charge is 0.318 e. The summed E-state index contributed by atoms with van der Waals surface area (Å²) in [6.07, 6.45) is 1.55. The molecule has 3 rings (SSSR count). The fourth-order valence-electron chi connectivity index (χ4n) is 2.55. The lowest BCUT2D eigenvalue weighted by molar-refractivity contribution is 0.379. The second-order valence-electron chi connectivity index (χ2n) is 4.99. The fourth-order valence-corrected chi connectivity index (χ4v) is 2.76. The number of aromatic hydroxyl groups is 1. The molecule has 2 heterocycles. The number of anilines is 2. The van der Waals surface area contributed by atoms with E-state index in [1.54, 1.807) is 12.3 Å². The molecular weight excluding hydrogens is 304 g/mol. The van der Waals surface area contributed by atoms with Gasteiger partial charge < -0.3 is 19.6 Å². The molecule has 1 fully saturated rings. The van der Waals surface area contributed by atoms with Crippen LogP contribution >= 0.6 is 11.6 Å². The standard InChI is InChI=1S/C15H17ClN4O2/c1-22-15-17-10-11(16)14(18-15)20-8-6-19(7-9-20)12-4-2-3-5-13(12)21/h2-5,10,21H,6-9H2,1H3. The topological polar surface area (TPSA) is 61.7 Å². The Balaban J connectivity index is 1.73. The molecule has 2 aromatic rings. The molecule has 1 aliphatic heterocycles. The Bertz CT molecular complexity index is 660. The van der Waals surface area contributed by atoms with E-state index >= 15 is 0 Å². The van der Waals surface area contributed by atoms with Gasteiger partial charge >= 0.3 is 6.01 Å². The van der Waals surface area contributed by atoms with E-state index in [4.69, 9.17) is 16.3 Å². The van der Waals surface area contributed by atoms with Crippen LogP contribution in [0.4, 0.5) is 11.5 Å². The lowest BCUT2D eigenvalue weighted by Gasteiger charge is -2.37. The van der Waals surface area contributed by atoms with E-state index in [-0.39, 0.29) is 0 Å². The summed E-state index contributed by atoms with van der Waals surface area (Å²) in [5.74, 6) is 0.989. The van der Waals surface area contributed by atoms with E-state index in [1.807, 2.05) is 18.2 Å². The number of phenols is 1. The van der Waals surface area contributed by atoms with Gasteiger partial charge in [-0.2, -0.15) is 4.98 Å². The van der Waals surface area contributed by atoms with Gasteiger partial charge in [-0.25, -0.2) is 4.98 Å². The summed E-state index contributed by atoms with van der Waals surface area (Å²) < 4.78 is 5.06. The maximum Gasteiger partial charge on any atom is 0.318 e. The van der Waals surface area contributed by atoms with Crippen LogP contribution in [0.1, 0.15) is 0 Å². The molecule has 7 heteroatoms. The molecule has 1 saturated heterocycles. The molecule has 0 atom stereocenters. The lowest BCUT2D eigenvalue weighted by Crippen LogP contribution is -2.47. The summed E-state index contributed by atoms with van der Waals surface area (Å²) in [5, 5.41) is 10.5. The van der Waals surface area contributed by atoms with Crippen molar-refractivity contribution in [2.75, 3.05) is 43.1 Å². The summed E-state index contributed by atoms with van der Waals surface area (Å²) >= 11 is 6.19. The van der Waals surface area contributed by atoms with E-state index in [1.165, 1.54) is 7.11 Å². The van der Waals surface area contributed by atoms with E-state index < -0.39 is 0 Å². The Hall–Kier alpha value is -2.21. The van der Waals surface area contributed by atoms with Gasteiger partial charge in [-0.05, 0) is 12.1 Å². The minimum Gasteiger partial charge on any atom is -0.506 e. The van der Waals surface area contributed by atoms with Crippen LogP contribution in [-0.2, 0) is 0 Å². The van der Waals surface area contributed by atoms with E-state index in [9.17, 15) is 5.11 Å². The fraction of sp³-hybridized carbons (Fsp3) is 0.333. The number of piperazine rings is 1. The number of rotatable bonds is 3. The van der Waals surface area contributed by atoms with Gasteiger partial charge in [0.25, 0.3) is 0 Å². The highest BCUT2D eigenvalue weighted by Gasteiger charge is 2.22. The quantitative estimate of drug-likeness (QED) is 0.935. The van der Waals surface area contributed by atoms with Crippen molar-refractivity contribution in [2.45, 2.75) is 0 Å². The van der Waals surface area contributed by atoms with Gasteiger partial charge in [-0.1, -0.05) is 23.7 Å². The second kappa shape index (κ2) is 6.27. The molecule has 0 aliphatic carbocycles. The number of benzene rings is 1. The van der Waals surface area contributed by atoms with Crippen LogP contribution in [0.5, 0.6) is 11.8 Å². The average Bonchev–Trinajstić information content (AvgIpc) is 2.56. The van der Waals surface area contributed by atoms with Gasteiger partial charge in [-0.15, -0.1) is 0 Å². The van der Waals surface area contributed by atoms with Crippen LogP contribution in [0, 0.1) is 0 Å². The number of para-hydroxylation sites is 2. The summed E-state index contributed by atoms with van der Waals surface area (Å²) in [5.41, 5.74) is 0.855. The third kappa shape index (κ3) is 2.87. The number of aromatic nitrogens is 2. The molecule has 1 aliphatic rings. The first-order valence-electron chi connectivity index (χ1n) is 7.03. The number of halogens is 1. The molecule has 22 heavy (non-hydrogen) atoms. The van der Waals surface area contributed by atoms with Gasteiger partial charge in [0.05, 0.1) is 19.0 Å². The van der Waals surface area contributed by atoms with Crippen molar-refractivity contribution in [3.63, 3.8) is 0 Å². The van der Waals surface area contributed by atoms with E-state index in [0.29, 0.717) is 22.6 Å². The number of ether oxygens (including phenoxy) is 1.